The van der Waals surface area contributed by atoms with E-state index < -0.39 is 18.3 Å². The Morgan fingerprint density at radius 2 is 2.21 bits per heavy atom. The molecule has 0 saturated carbocycles. The van der Waals surface area contributed by atoms with E-state index in [4.69, 9.17) is 4.42 Å². The summed E-state index contributed by atoms with van der Waals surface area (Å²) in [6, 6.07) is 0.886. The van der Waals surface area contributed by atoms with Gasteiger partial charge >= 0.3 is 6.18 Å². The lowest BCUT2D eigenvalue weighted by Gasteiger charge is -2.36. The lowest BCUT2D eigenvalue weighted by Crippen LogP contribution is -2.44. The number of nitrogens with one attached hydrogen (secondary N) is 1. The van der Waals surface area contributed by atoms with Gasteiger partial charge in [0.1, 0.15) is 17.1 Å². The molecule has 152 valence electrons. The number of anilines is 1. The van der Waals surface area contributed by atoms with Crippen molar-refractivity contribution in [1.82, 2.24) is 14.7 Å². The monoisotopic (exact) mass is 396 g/mol. The fraction of sp³-hybridized carbons (Fsp3) is 0.579. The molecule has 2 aromatic heterocycles. The first-order valence-electron chi connectivity index (χ1n) is 9.65. The fourth-order valence-electron chi connectivity index (χ4n) is 4.24. The van der Waals surface area contributed by atoms with Gasteiger partial charge in [-0.2, -0.15) is 18.3 Å². The van der Waals surface area contributed by atoms with Crippen molar-refractivity contribution in [2.24, 2.45) is 0 Å². The first-order chi connectivity index (χ1) is 13.4. The molecule has 2 aliphatic heterocycles. The zero-order valence-electron chi connectivity index (χ0n) is 15.6. The standard InChI is InChI=1S/C19H23F3N4O2/c1-2-12-6-3-4-8-25(12)18(27)13-11-23-26-16(19(20,21)22)10-14(24-17(13)26)15-7-5-9-28-15/h5,7,9,11-12,14,16,24H,2-4,6,8,10H2,1H3/t12-,14-,16-/m1/s1. The van der Waals surface area contributed by atoms with Gasteiger partial charge in [-0.1, -0.05) is 6.92 Å². The van der Waals surface area contributed by atoms with Crippen LogP contribution in [0.5, 0.6) is 0 Å². The van der Waals surface area contributed by atoms with Gasteiger partial charge in [0.2, 0.25) is 0 Å². The lowest BCUT2D eigenvalue weighted by molar-refractivity contribution is -0.174. The average Bonchev–Trinajstić information content (AvgIpc) is 3.35. The summed E-state index contributed by atoms with van der Waals surface area (Å²) in [6.07, 6.45) is 1.66. The summed E-state index contributed by atoms with van der Waals surface area (Å²) < 4.78 is 47.3. The summed E-state index contributed by atoms with van der Waals surface area (Å²) in [6.45, 7) is 2.64. The summed E-state index contributed by atoms with van der Waals surface area (Å²) in [5, 5.41) is 7.01. The zero-order chi connectivity index (χ0) is 19.9. The lowest BCUT2D eigenvalue weighted by atomic mass is 9.98. The Kier molecular flexibility index (Phi) is 4.84. The molecule has 28 heavy (non-hydrogen) atoms. The highest BCUT2D eigenvalue weighted by Crippen LogP contribution is 2.44. The minimum Gasteiger partial charge on any atom is -0.467 e. The van der Waals surface area contributed by atoms with Gasteiger partial charge in [0.05, 0.1) is 18.5 Å². The van der Waals surface area contributed by atoms with E-state index in [1.807, 2.05) is 6.92 Å². The Morgan fingerprint density at radius 1 is 1.39 bits per heavy atom. The molecule has 4 heterocycles. The van der Waals surface area contributed by atoms with Crippen molar-refractivity contribution in [3.05, 3.63) is 35.9 Å². The number of carbonyl (C=O) groups excluding carboxylic acids is 1. The van der Waals surface area contributed by atoms with E-state index in [0.717, 1.165) is 30.4 Å². The topological polar surface area (TPSA) is 63.3 Å². The van der Waals surface area contributed by atoms with Gasteiger partial charge in [0, 0.05) is 19.0 Å². The Hall–Kier alpha value is -2.45. The second-order valence-electron chi connectivity index (χ2n) is 7.41. The molecule has 2 aliphatic rings. The number of amides is 1. The van der Waals surface area contributed by atoms with Gasteiger partial charge in [0.15, 0.2) is 6.04 Å². The van der Waals surface area contributed by atoms with E-state index in [9.17, 15) is 18.0 Å². The number of furan rings is 1. The second-order valence-corrected chi connectivity index (χ2v) is 7.41. The average molecular weight is 396 g/mol. The second kappa shape index (κ2) is 7.18. The first-order valence-corrected chi connectivity index (χ1v) is 9.65. The van der Waals surface area contributed by atoms with Crippen LogP contribution in [0.4, 0.5) is 19.0 Å². The maximum absolute atomic E-state index is 13.7. The van der Waals surface area contributed by atoms with E-state index in [0.29, 0.717) is 12.3 Å². The largest absolute Gasteiger partial charge is 0.467 e. The summed E-state index contributed by atoms with van der Waals surface area (Å²) in [5.74, 6) is 0.256. The summed E-state index contributed by atoms with van der Waals surface area (Å²) in [7, 11) is 0. The van der Waals surface area contributed by atoms with Gasteiger partial charge in [-0.05, 0) is 37.8 Å². The van der Waals surface area contributed by atoms with Crippen molar-refractivity contribution in [1.29, 1.82) is 0 Å². The minimum atomic E-state index is -4.48. The third-order valence-electron chi connectivity index (χ3n) is 5.71. The van der Waals surface area contributed by atoms with Gasteiger partial charge in [0.25, 0.3) is 5.91 Å². The molecule has 1 fully saturated rings. The predicted molar refractivity (Wildman–Crippen MR) is 96.0 cm³/mol. The fourth-order valence-corrected chi connectivity index (χ4v) is 4.24. The Labute approximate surface area is 160 Å². The van der Waals surface area contributed by atoms with Crippen LogP contribution in [0, 0.1) is 0 Å². The highest BCUT2D eigenvalue weighted by atomic mass is 19.4. The van der Waals surface area contributed by atoms with Gasteiger partial charge in [-0.3, -0.25) is 4.79 Å². The highest BCUT2D eigenvalue weighted by Gasteiger charge is 2.48. The highest BCUT2D eigenvalue weighted by molar-refractivity contribution is 5.99. The van der Waals surface area contributed by atoms with E-state index in [2.05, 4.69) is 10.4 Å². The normalized spacial score (nSPS) is 25.3. The summed E-state index contributed by atoms with van der Waals surface area (Å²) in [4.78, 5) is 15.0. The molecule has 2 aromatic rings. The number of piperidine rings is 1. The van der Waals surface area contributed by atoms with E-state index >= 15 is 0 Å². The van der Waals surface area contributed by atoms with Gasteiger partial charge in [-0.15, -0.1) is 0 Å². The van der Waals surface area contributed by atoms with Crippen LogP contribution in [0.25, 0.3) is 0 Å². The maximum atomic E-state index is 13.7. The molecule has 0 radical (unpaired) electrons. The van der Waals surface area contributed by atoms with Crippen LogP contribution in [0.1, 0.15) is 67.2 Å². The van der Waals surface area contributed by atoms with Gasteiger partial charge in [-0.25, -0.2) is 4.68 Å². The molecule has 0 aliphatic carbocycles. The zero-order valence-corrected chi connectivity index (χ0v) is 15.6. The Balaban J connectivity index is 1.70. The van der Waals surface area contributed by atoms with Crippen LogP contribution in [-0.2, 0) is 0 Å². The quantitative estimate of drug-likeness (QED) is 0.827. The van der Waals surface area contributed by atoms with Crippen LogP contribution in [0.2, 0.25) is 0 Å². The minimum absolute atomic E-state index is 0.111. The van der Waals surface area contributed by atoms with E-state index in [1.165, 1.54) is 12.5 Å². The van der Waals surface area contributed by atoms with Crippen LogP contribution in [-0.4, -0.2) is 39.4 Å². The van der Waals surface area contributed by atoms with Crippen LogP contribution >= 0.6 is 0 Å². The number of alkyl halides is 3. The molecule has 0 spiro atoms. The van der Waals surface area contributed by atoms with Crippen molar-refractivity contribution in [2.75, 3.05) is 11.9 Å². The van der Waals surface area contributed by atoms with Crippen molar-refractivity contribution in [3.63, 3.8) is 0 Å². The molecule has 3 atom stereocenters. The molecule has 6 nitrogen and oxygen atoms in total. The van der Waals surface area contributed by atoms with Crippen LogP contribution in [0.3, 0.4) is 0 Å². The molecular formula is C19H23F3N4O2. The summed E-state index contributed by atoms with van der Waals surface area (Å²) >= 11 is 0. The van der Waals surface area contributed by atoms with Crippen LogP contribution < -0.4 is 5.32 Å². The molecule has 1 saturated heterocycles. The van der Waals surface area contributed by atoms with Crippen molar-refractivity contribution >= 4 is 11.7 Å². The van der Waals surface area contributed by atoms with Crippen molar-refractivity contribution in [3.8, 4) is 0 Å². The molecule has 0 bridgehead atoms. The Morgan fingerprint density at radius 3 is 2.89 bits per heavy atom. The number of hydrogen-bond acceptors (Lipinski definition) is 4. The van der Waals surface area contributed by atoms with Crippen molar-refractivity contribution < 1.29 is 22.4 Å². The third kappa shape index (κ3) is 3.27. The number of hydrogen-bond donors (Lipinski definition) is 1. The number of carbonyl (C=O) groups is 1. The number of aromatic nitrogens is 2. The molecule has 0 aromatic carbocycles. The molecule has 1 amide bonds. The summed E-state index contributed by atoms with van der Waals surface area (Å²) in [5.41, 5.74) is 0.186. The Bertz CT molecular complexity index is 831. The number of fused-ring (bicyclic) bond motifs is 1. The van der Waals surface area contributed by atoms with E-state index in [-0.39, 0.29) is 29.8 Å². The SMILES string of the molecule is CC[C@@H]1CCCCN1C(=O)c1cnn2c1N[C@@H](c1ccco1)C[C@@H]2C(F)(F)F. The number of likely N-dealkylation sites (tertiary alicyclic amines) is 1. The van der Waals surface area contributed by atoms with Gasteiger partial charge < -0.3 is 14.6 Å². The molecule has 9 heteroatoms. The predicted octanol–water partition coefficient (Wildman–Crippen LogP) is 4.54. The van der Waals surface area contributed by atoms with Crippen molar-refractivity contribution in [2.45, 2.75) is 63.3 Å². The third-order valence-corrected chi connectivity index (χ3v) is 5.71. The number of nitrogens with zero attached hydrogens (tertiary/aromatic N) is 3. The number of rotatable bonds is 3. The molecule has 4 rings (SSSR count). The maximum Gasteiger partial charge on any atom is 0.410 e. The van der Waals surface area contributed by atoms with E-state index in [1.54, 1.807) is 17.0 Å². The van der Waals surface area contributed by atoms with Crippen LogP contribution in [0.15, 0.2) is 29.0 Å². The number of halogens is 3. The molecule has 0 unspecified atom stereocenters. The smallest absolute Gasteiger partial charge is 0.410 e. The molecule has 1 N–H and O–H groups in total. The first kappa shape index (κ1) is 18.9. The molecular weight excluding hydrogens is 373 g/mol.